The average Bonchev–Trinajstić information content (AvgIpc) is 2.54. The fourth-order valence-corrected chi connectivity index (χ4v) is 3.96. The van der Waals surface area contributed by atoms with E-state index in [9.17, 15) is 4.79 Å². The molecule has 1 aliphatic carbocycles. The SMILES string of the molecule is N#CC1CCN(C(=O)NCC2(c3cccc(Br)c3)CCC2)CC1. The van der Waals surface area contributed by atoms with Gasteiger partial charge in [0.2, 0.25) is 0 Å². The minimum Gasteiger partial charge on any atom is -0.337 e. The Kier molecular flexibility index (Phi) is 4.91. The van der Waals surface area contributed by atoms with Gasteiger partial charge < -0.3 is 10.2 Å². The summed E-state index contributed by atoms with van der Waals surface area (Å²) in [5.41, 5.74) is 1.39. The fourth-order valence-electron chi connectivity index (χ4n) is 3.56. The molecule has 2 amide bonds. The number of nitriles is 1. The quantitative estimate of drug-likeness (QED) is 0.872. The number of likely N-dealkylation sites (tertiary alicyclic amines) is 1. The summed E-state index contributed by atoms with van der Waals surface area (Å²) in [6, 6.07) is 10.7. The molecule has 23 heavy (non-hydrogen) atoms. The Hall–Kier alpha value is -1.54. The molecule has 1 aliphatic heterocycles. The number of amides is 2. The van der Waals surface area contributed by atoms with E-state index in [0.29, 0.717) is 19.6 Å². The molecule has 1 N–H and O–H groups in total. The molecule has 1 aromatic rings. The van der Waals surface area contributed by atoms with Crippen LogP contribution in [0.4, 0.5) is 4.79 Å². The zero-order valence-corrected chi connectivity index (χ0v) is 14.8. The molecule has 5 heteroatoms. The molecule has 1 aromatic carbocycles. The summed E-state index contributed by atoms with van der Waals surface area (Å²) in [5.74, 6) is 0.110. The van der Waals surface area contributed by atoms with Crippen molar-refractivity contribution in [2.45, 2.75) is 37.5 Å². The number of benzene rings is 1. The number of piperidine rings is 1. The van der Waals surface area contributed by atoms with Gasteiger partial charge in [0.05, 0.1) is 6.07 Å². The van der Waals surface area contributed by atoms with Gasteiger partial charge in [0.15, 0.2) is 0 Å². The van der Waals surface area contributed by atoms with E-state index in [0.717, 1.165) is 30.2 Å². The Morgan fingerprint density at radius 2 is 2.13 bits per heavy atom. The average molecular weight is 376 g/mol. The number of hydrogen-bond donors (Lipinski definition) is 1. The topological polar surface area (TPSA) is 56.1 Å². The van der Waals surface area contributed by atoms with Crippen molar-refractivity contribution >= 4 is 22.0 Å². The van der Waals surface area contributed by atoms with Gasteiger partial charge in [-0.15, -0.1) is 0 Å². The molecule has 1 saturated heterocycles. The van der Waals surface area contributed by atoms with Crippen molar-refractivity contribution in [1.82, 2.24) is 10.2 Å². The van der Waals surface area contributed by atoms with Crippen LogP contribution >= 0.6 is 15.9 Å². The molecule has 1 heterocycles. The first-order chi connectivity index (χ1) is 11.1. The van der Waals surface area contributed by atoms with Crippen LogP contribution in [-0.2, 0) is 5.41 Å². The third-order valence-electron chi connectivity index (χ3n) is 5.29. The monoisotopic (exact) mass is 375 g/mol. The Bertz CT molecular complexity index is 613. The van der Waals surface area contributed by atoms with Crippen LogP contribution < -0.4 is 5.32 Å². The summed E-state index contributed by atoms with van der Waals surface area (Å²) in [7, 11) is 0. The van der Waals surface area contributed by atoms with Crippen molar-refractivity contribution in [1.29, 1.82) is 5.26 Å². The number of nitrogens with zero attached hydrogens (tertiary/aromatic N) is 2. The van der Waals surface area contributed by atoms with Crippen molar-refractivity contribution < 1.29 is 4.79 Å². The second kappa shape index (κ2) is 6.92. The number of urea groups is 1. The van der Waals surface area contributed by atoms with Gasteiger partial charge in [-0.1, -0.05) is 34.5 Å². The van der Waals surface area contributed by atoms with Crippen molar-refractivity contribution in [3.05, 3.63) is 34.3 Å². The maximum atomic E-state index is 12.4. The number of halogens is 1. The third-order valence-corrected chi connectivity index (χ3v) is 5.78. The smallest absolute Gasteiger partial charge is 0.317 e. The van der Waals surface area contributed by atoms with Crippen LogP contribution in [0.25, 0.3) is 0 Å². The van der Waals surface area contributed by atoms with E-state index in [-0.39, 0.29) is 17.4 Å². The van der Waals surface area contributed by atoms with Gasteiger partial charge in [0.1, 0.15) is 0 Å². The standard InChI is InChI=1S/C18H22BrN3O/c19-16-4-1-3-15(11-16)18(7-2-8-18)13-21-17(23)22-9-5-14(12-20)6-10-22/h1,3-4,11,14H,2,5-10,13H2,(H,21,23). The van der Waals surface area contributed by atoms with Crippen LogP contribution in [0.3, 0.4) is 0 Å². The van der Waals surface area contributed by atoms with E-state index < -0.39 is 0 Å². The lowest BCUT2D eigenvalue weighted by Crippen LogP contribution is -2.50. The number of nitrogens with one attached hydrogen (secondary N) is 1. The predicted octanol–water partition coefficient (Wildman–Crippen LogP) is 3.82. The molecule has 0 bridgehead atoms. The molecular formula is C18H22BrN3O. The Morgan fingerprint density at radius 1 is 1.39 bits per heavy atom. The summed E-state index contributed by atoms with van der Waals surface area (Å²) in [5, 5.41) is 12.1. The molecule has 122 valence electrons. The molecule has 3 rings (SSSR count). The number of carbonyl (C=O) groups is 1. The minimum atomic E-state index is 0.0164. The van der Waals surface area contributed by atoms with Crippen LogP contribution in [0.2, 0.25) is 0 Å². The van der Waals surface area contributed by atoms with Crippen LogP contribution in [0.5, 0.6) is 0 Å². The summed E-state index contributed by atoms with van der Waals surface area (Å²) < 4.78 is 1.09. The lowest BCUT2D eigenvalue weighted by Gasteiger charge is -2.43. The van der Waals surface area contributed by atoms with Crippen molar-refractivity contribution in [3.8, 4) is 6.07 Å². The van der Waals surface area contributed by atoms with Gasteiger partial charge in [0, 0.05) is 35.4 Å². The number of rotatable bonds is 3. The van der Waals surface area contributed by atoms with Gasteiger partial charge in [-0.3, -0.25) is 0 Å². The van der Waals surface area contributed by atoms with Crippen LogP contribution in [0.15, 0.2) is 28.7 Å². The van der Waals surface area contributed by atoms with Crippen LogP contribution in [-0.4, -0.2) is 30.6 Å². The first-order valence-electron chi connectivity index (χ1n) is 8.31. The number of hydrogen-bond acceptors (Lipinski definition) is 2. The lowest BCUT2D eigenvalue weighted by atomic mass is 9.64. The van der Waals surface area contributed by atoms with E-state index in [1.54, 1.807) is 0 Å². The molecule has 0 spiro atoms. The van der Waals surface area contributed by atoms with Crippen molar-refractivity contribution in [3.63, 3.8) is 0 Å². The summed E-state index contributed by atoms with van der Waals surface area (Å²) >= 11 is 3.54. The normalized spacial score (nSPS) is 20.4. The molecule has 0 atom stereocenters. The molecule has 4 nitrogen and oxygen atoms in total. The van der Waals surface area contributed by atoms with Gasteiger partial charge >= 0.3 is 6.03 Å². The zero-order chi connectivity index (χ0) is 16.3. The highest BCUT2D eigenvalue weighted by Gasteiger charge is 2.39. The lowest BCUT2D eigenvalue weighted by molar-refractivity contribution is 0.168. The predicted molar refractivity (Wildman–Crippen MR) is 93.0 cm³/mol. The highest BCUT2D eigenvalue weighted by molar-refractivity contribution is 9.10. The second-order valence-corrected chi connectivity index (χ2v) is 7.61. The van der Waals surface area contributed by atoms with E-state index in [1.807, 2.05) is 11.0 Å². The second-order valence-electron chi connectivity index (χ2n) is 6.69. The minimum absolute atomic E-state index is 0.0164. The first-order valence-corrected chi connectivity index (χ1v) is 9.11. The molecular weight excluding hydrogens is 354 g/mol. The highest BCUT2D eigenvalue weighted by Crippen LogP contribution is 2.43. The first kappa shape index (κ1) is 16.3. The summed E-state index contributed by atoms with van der Waals surface area (Å²) in [6.45, 7) is 2.07. The maximum absolute atomic E-state index is 12.4. The molecule has 0 aromatic heterocycles. The molecule has 0 unspecified atom stereocenters. The van der Waals surface area contributed by atoms with Gasteiger partial charge in [-0.25, -0.2) is 4.79 Å². The number of carbonyl (C=O) groups excluding carboxylic acids is 1. The van der Waals surface area contributed by atoms with Crippen LogP contribution in [0, 0.1) is 17.2 Å². The van der Waals surface area contributed by atoms with Gasteiger partial charge in [0.25, 0.3) is 0 Å². The highest BCUT2D eigenvalue weighted by atomic mass is 79.9. The van der Waals surface area contributed by atoms with E-state index in [2.05, 4.69) is 45.5 Å². The largest absolute Gasteiger partial charge is 0.337 e. The van der Waals surface area contributed by atoms with Crippen molar-refractivity contribution in [2.75, 3.05) is 19.6 Å². The van der Waals surface area contributed by atoms with E-state index in [1.165, 1.54) is 12.0 Å². The maximum Gasteiger partial charge on any atom is 0.317 e. The van der Waals surface area contributed by atoms with Gasteiger partial charge in [-0.05, 0) is 43.4 Å². The van der Waals surface area contributed by atoms with Crippen LogP contribution in [0.1, 0.15) is 37.7 Å². The van der Waals surface area contributed by atoms with Crippen molar-refractivity contribution in [2.24, 2.45) is 5.92 Å². The molecule has 2 aliphatic rings. The molecule has 2 fully saturated rings. The third kappa shape index (κ3) is 3.53. The molecule has 1 saturated carbocycles. The van der Waals surface area contributed by atoms with Gasteiger partial charge in [-0.2, -0.15) is 5.26 Å². The Balaban J connectivity index is 1.58. The summed E-state index contributed by atoms with van der Waals surface area (Å²) in [6.07, 6.45) is 5.05. The summed E-state index contributed by atoms with van der Waals surface area (Å²) in [4.78, 5) is 14.2. The Labute approximate surface area is 146 Å². The van der Waals surface area contributed by atoms with E-state index in [4.69, 9.17) is 5.26 Å². The molecule has 0 radical (unpaired) electrons. The zero-order valence-electron chi connectivity index (χ0n) is 13.2. The van der Waals surface area contributed by atoms with E-state index >= 15 is 0 Å². The fraction of sp³-hybridized carbons (Fsp3) is 0.556. The Morgan fingerprint density at radius 3 is 2.70 bits per heavy atom.